The van der Waals surface area contributed by atoms with Gasteiger partial charge >= 0.3 is 12.0 Å². The SMILES string of the molecule is C[C@H](OC(=O)CCN1C(=O)NC(C)(C)C1=O)C(=O)Nc1ccc(Cl)cn1. The molecule has 0 unspecified atom stereocenters. The van der Waals surface area contributed by atoms with Gasteiger partial charge in [0.05, 0.1) is 11.4 Å². The highest BCUT2D eigenvalue weighted by Gasteiger charge is 2.44. The predicted molar refractivity (Wildman–Crippen MR) is 92.4 cm³/mol. The summed E-state index contributed by atoms with van der Waals surface area (Å²) in [6.45, 7) is 4.42. The van der Waals surface area contributed by atoms with E-state index in [1.807, 2.05) is 0 Å². The maximum absolute atomic E-state index is 12.0. The molecule has 2 rings (SSSR count). The van der Waals surface area contributed by atoms with Crippen LogP contribution in [0.3, 0.4) is 0 Å². The summed E-state index contributed by atoms with van der Waals surface area (Å²) in [5.74, 6) is -1.43. The highest BCUT2D eigenvalue weighted by atomic mass is 35.5. The maximum atomic E-state index is 12.0. The van der Waals surface area contributed by atoms with Crippen LogP contribution in [0.5, 0.6) is 0 Å². The van der Waals surface area contributed by atoms with Gasteiger partial charge in [-0.25, -0.2) is 9.78 Å². The molecule has 1 saturated heterocycles. The summed E-state index contributed by atoms with van der Waals surface area (Å²) in [6.07, 6.45) is 0.0824. The van der Waals surface area contributed by atoms with Crippen LogP contribution in [0.4, 0.5) is 10.6 Å². The number of rotatable bonds is 6. The number of esters is 1. The number of urea groups is 1. The van der Waals surface area contributed by atoms with E-state index in [0.717, 1.165) is 4.90 Å². The molecule has 10 heteroatoms. The molecule has 0 spiro atoms. The van der Waals surface area contributed by atoms with Gasteiger partial charge in [0.15, 0.2) is 6.10 Å². The van der Waals surface area contributed by atoms with E-state index in [1.165, 1.54) is 19.2 Å². The summed E-state index contributed by atoms with van der Waals surface area (Å²) in [6, 6.07) is 2.50. The molecule has 1 aromatic heterocycles. The number of hydrogen-bond donors (Lipinski definition) is 2. The van der Waals surface area contributed by atoms with Crippen molar-refractivity contribution in [2.75, 3.05) is 11.9 Å². The van der Waals surface area contributed by atoms with E-state index >= 15 is 0 Å². The summed E-state index contributed by atoms with van der Waals surface area (Å²) < 4.78 is 5.02. The van der Waals surface area contributed by atoms with Gasteiger partial charge in [0.1, 0.15) is 11.4 Å². The molecule has 2 heterocycles. The molecule has 0 radical (unpaired) electrons. The van der Waals surface area contributed by atoms with E-state index in [4.69, 9.17) is 16.3 Å². The third kappa shape index (κ3) is 4.69. The van der Waals surface area contributed by atoms with Crippen LogP contribution < -0.4 is 10.6 Å². The van der Waals surface area contributed by atoms with Crippen molar-refractivity contribution in [2.45, 2.75) is 38.8 Å². The van der Waals surface area contributed by atoms with Crippen LogP contribution in [0.15, 0.2) is 18.3 Å². The van der Waals surface area contributed by atoms with Crippen molar-refractivity contribution >= 4 is 41.2 Å². The first kappa shape index (κ1) is 19.6. The standard InChI is InChI=1S/C16H19ClN4O5/c1-9(13(23)19-11-5-4-10(17)8-18-11)26-12(22)6-7-21-14(24)16(2,3)20-15(21)25/h4-5,8-9H,6-7H2,1-3H3,(H,20,25)(H,18,19,23)/t9-/m0/s1. The van der Waals surface area contributed by atoms with E-state index in [2.05, 4.69) is 15.6 Å². The Morgan fingerprint density at radius 3 is 2.62 bits per heavy atom. The molecular formula is C16H19ClN4O5. The lowest BCUT2D eigenvalue weighted by Crippen LogP contribution is -2.40. The first-order valence-corrected chi connectivity index (χ1v) is 8.24. The van der Waals surface area contributed by atoms with Crippen molar-refractivity contribution in [1.29, 1.82) is 0 Å². The zero-order chi connectivity index (χ0) is 19.5. The largest absolute Gasteiger partial charge is 0.452 e. The summed E-state index contributed by atoms with van der Waals surface area (Å²) in [5.41, 5.74) is -1.00. The fourth-order valence-electron chi connectivity index (χ4n) is 2.21. The van der Waals surface area contributed by atoms with E-state index in [1.54, 1.807) is 19.9 Å². The number of carbonyl (C=O) groups excluding carboxylic acids is 4. The molecule has 0 bridgehead atoms. The van der Waals surface area contributed by atoms with Crippen LogP contribution in [-0.2, 0) is 19.1 Å². The summed E-state index contributed by atoms with van der Waals surface area (Å²) in [7, 11) is 0. The minimum absolute atomic E-state index is 0.125. The molecule has 1 aliphatic rings. The Labute approximate surface area is 155 Å². The number of hydrogen-bond acceptors (Lipinski definition) is 6. The van der Waals surface area contributed by atoms with Gasteiger partial charge < -0.3 is 15.4 Å². The Kier molecular flexibility index (Phi) is 5.81. The topological polar surface area (TPSA) is 118 Å². The molecule has 26 heavy (non-hydrogen) atoms. The zero-order valence-corrected chi connectivity index (χ0v) is 15.3. The number of amides is 4. The fourth-order valence-corrected chi connectivity index (χ4v) is 2.32. The third-order valence-electron chi connectivity index (χ3n) is 3.64. The number of anilines is 1. The average Bonchev–Trinajstić information content (AvgIpc) is 2.75. The van der Waals surface area contributed by atoms with Gasteiger partial charge in [-0.2, -0.15) is 0 Å². The fraction of sp³-hybridized carbons (Fsp3) is 0.438. The van der Waals surface area contributed by atoms with E-state index < -0.39 is 35.5 Å². The van der Waals surface area contributed by atoms with Crippen LogP contribution in [0.2, 0.25) is 5.02 Å². The Balaban J connectivity index is 1.81. The molecule has 0 saturated carbocycles. The number of nitrogens with one attached hydrogen (secondary N) is 2. The Bertz CT molecular complexity index is 735. The molecule has 1 fully saturated rings. The maximum Gasteiger partial charge on any atom is 0.325 e. The molecule has 4 amide bonds. The van der Waals surface area contributed by atoms with Gasteiger partial charge in [0.25, 0.3) is 11.8 Å². The van der Waals surface area contributed by atoms with Gasteiger partial charge in [-0.1, -0.05) is 11.6 Å². The molecule has 1 aliphatic heterocycles. The highest BCUT2D eigenvalue weighted by molar-refractivity contribution is 6.30. The number of halogens is 1. The molecule has 2 N–H and O–H groups in total. The van der Waals surface area contributed by atoms with E-state index in [-0.39, 0.29) is 18.8 Å². The third-order valence-corrected chi connectivity index (χ3v) is 3.86. The lowest BCUT2D eigenvalue weighted by atomic mass is 10.1. The number of imide groups is 1. The molecule has 140 valence electrons. The smallest absolute Gasteiger partial charge is 0.325 e. The Morgan fingerprint density at radius 1 is 1.38 bits per heavy atom. The zero-order valence-electron chi connectivity index (χ0n) is 14.5. The average molecular weight is 383 g/mol. The number of carbonyl (C=O) groups is 4. The van der Waals surface area contributed by atoms with Crippen molar-refractivity contribution in [3.63, 3.8) is 0 Å². The summed E-state index contributed by atoms with van der Waals surface area (Å²) in [5, 5.41) is 5.42. The molecular weight excluding hydrogens is 364 g/mol. The van der Waals surface area contributed by atoms with Gasteiger partial charge in [-0.15, -0.1) is 0 Å². The molecule has 1 aromatic rings. The van der Waals surface area contributed by atoms with Crippen LogP contribution in [0.1, 0.15) is 27.2 Å². The van der Waals surface area contributed by atoms with Gasteiger partial charge in [0, 0.05) is 12.7 Å². The Hall–Kier alpha value is -2.68. The van der Waals surface area contributed by atoms with Crippen molar-refractivity contribution in [3.05, 3.63) is 23.4 Å². The van der Waals surface area contributed by atoms with Crippen LogP contribution in [-0.4, -0.2) is 51.9 Å². The molecule has 0 aromatic carbocycles. The van der Waals surface area contributed by atoms with Crippen LogP contribution in [0, 0.1) is 0 Å². The number of aromatic nitrogens is 1. The van der Waals surface area contributed by atoms with Crippen molar-refractivity contribution < 1.29 is 23.9 Å². The second-order valence-electron chi connectivity index (χ2n) is 6.24. The van der Waals surface area contributed by atoms with Gasteiger partial charge in [-0.05, 0) is 32.9 Å². The van der Waals surface area contributed by atoms with Crippen molar-refractivity contribution in [1.82, 2.24) is 15.2 Å². The summed E-state index contributed by atoms with van der Waals surface area (Å²) in [4.78, 5) is 52.5. The second kappa shape index (κ2) is 7.69. The molecule has 9 nitrogen and oxygen atoms in total. The van der Waals surface area contributed by atoms with Gasteiger partial charge in [-0.3, -0.25) is 19.3 Å². The normalized spacial score (nSPS) is 16.8. The van der Waals surface area contributed by atoms with Crippen LogP contribution in [0.25, 0.3) is 0 Å². The number of pyridine rings is 1. The van der Waals surface area contributed by atoms with E-state index in [9.17, 15) is 19.2 Å². The molecule has 1 atom stereocenters. The van der Waals surface area contributed by atoms with Crippen LogP contribution >= 0.6 is 11.6 Å². The highest BCUT2D eigenvalue weighted by Crippen LogP contribution is 2.17. The Morgan fingerprint density at radius 2 is 2.08 bits per heavy atom. The number of nitrogens with zero attached hydrogens (tertiary/aromatic N) is 2. The van der Waals surface area contributed by atoms with Crippen molar-refractivity contribution in [3.8, 4) is 0 Å². The lowest BCUT2D eigenvalue weighted by molar-refractivity contribution is -0.153. The number of ether oxygens (including phenoxy) is 1. The molecule has 0 aliphatic carbocycles. The van der Waals surface area contributed by atoms with E-state index in [0.29, 0.717) is 5.02 Å². The summed E-state index contributed by atoms with van der Waals surface area (Å²) >= 11 is 5.71. The predicted octanol–water partition coefficient (Wildman–Crippen LogP) is 1.33. The minimum Gasteiger partial charge on any atom is -0.452 e. The minimum atomic E-state index is -1.07. The first-order valence-electron chi connectivity index (χ1n) is 7.86. The second-order valence-corrected chi connectivity index (χ2v) is 6.68. The van der Waals surface area contributed by atoms with Gasteiger partial charge in [0.2, 0.25) is 0 Å². The van der Waals surface area contributed by atoms with Crippen molar-refractivity contribution in [2.24, 2.45) is 0 Å². The first-order chi connectivity index (χ1) is 12.1. The quantitative estimate of drug-likeness (QED) is 0.566. The lowest BCUT2D eigenvalue weighted by Gasteiger charge is -2.16. The monoisotopic (exact) mass is 382 g/mol.